The van der Waals surface area contributed by atoms with Gasteiger partial charge in [-0.2, -0.15) is 0 Å². The lowest BCUT2D eigenvalue weighted by Crippen LogP contribution is -2.42. The number of carbonyl (C=O) groups is 3. The third kappa shape index (κ3) is 3.95. The Kier molecular flexibility index (Phi) is 5.59. The van der Waals surface area contributed by atoms with Crippen molar-refractivity contribution in [3.05, 3.63) is 0 Å². The molecule has 2 aliphatic rings. The highest BCUT2D eigenvalue weighted by molar-refractivity contribution is 5.85. The molecule has 0 aromatic rings. The second-order valence-electron chi connectivity index (χ2n) is 5.79. The largest absolute Gasteiger partial charge is 0.467 e. The molecular weight excluding hydrogens is 272 g/mol. The summed E-state index contributed by atoms with van der Waals surface area (Å²) in [5.74, 6) is -0.258. The molecule has 1 aliphatic heterocycles. The van der Waals surface area contributed by atoms with Gasteiger partial charge in [-0.05, 0) is 25.7 Å². The van der Waals surface area contributed by atoms with Gasteiger partial charge in [-0.1, -0.05) is 12.8 Å². The van der Waals surface area contributed by atoms with Gasteiger partial charge in [0.15, 0.2) is 0 Å². The van der Waals surface area contributed by atoms with E-state index in [1.807, 2.05) is 0 Å². The maximum absolute atomic E-state index is 12.1. The van der Waals surface area contributed by atoms with Crippen molar-refractivity contribution in [3.8, 4) is 0 Å². The van der Waals surface area contributed by atoms with E-state index in [1.54, 1.807) is 4.90 Å². The van der Waals surface area contributed by atoms with Crippen LogP contribution in [-0.4, -0.2) is 48.9 Å². The summed E-state index contributed by atoms with van der Waals surface area (Å²) in [6.07, 6.45) is 5.86. The summed E-state index contributed by atoms with van der Waals surface area (Å²) in [7, 11) is 1.34. The second kappa shape index (κ2) is 7.43. The highest BCUT2D eigenvalue weighted by atomic mass is 16.5. The molecule has 1 N–H and O–H groups in total. The molecule has 0 bridgehead atoms. The van der Waals surface area contributed by atoms with Crippen LogP contribution in [0.5, 0.6) is 0 Å². The summed E-state index contributed by atoms with van der Waals surface area (Å²) < 4.78 is 4.72. The van der Waals surface area contributed by atoms with E-state index in [4.69, 9.17) is 4.74 Å². The minimum Gasteiger partial charge on any atom is -0.467 e. The summed E-state index contributed by atoms with van der Waals surface area (Å²) in [5.41, 5.74) is 0. The van der Waals surface area contributed by atoms with Crippen molar-refractivity contribution in [2.24, 2.45) is 5.92 Å². The molecule has 1 saturated heterocycles. The van der Waals surface area contributed by atoms with Crippen LogP contribution in [0, 0.1) is 5.92 Å². The fraction of sp³-hybridized carbons (Fsp3) is 0.800. The zero-order valence-corrected chi connectivity index (χ0v) is 12.6. The molecule has 118 valence electrons. The van der Waals surface area contributed by atoms with Crippen molar-refractivity contribution in [1.29, 1.82) is 0 Å². The van der Waals surface area contributed by atoms with Crippen molar-refractivity contribution in [2.45, 2.75) is 51.0 Å². The fourth-order valence-electron chi connectivity index (χ4n) is 3.21. The number of rotatable bonds is 5. The molecule has 1 heterocycles. The Labute approximate surface area is 125 Å². The molecule has 1 aliphatic carbocycles. The minimum atomic E-state index is -0.451. The van der Waals surface area contributed by atoms with E-state index in [1.165, 1.54) is 7.11 Å². The van der Waals surface area contributed by atoms with E-state index in [0.717, 1.165) is 32.1 Å². The number of nitrogens with one attached hydrogen (secondary N) is 1. The van der Waals surface area contributed by atoms with E-state index < -0.39 is 6.04 Å². The Balaban J connectivity index is 1.73. The van der Waals surface area contributed by atoms with Gasteiger partial charge >= 0.3 is 5.97 Å². The number of hydrogen-bond donors (Lipinski definition) is 1. The van der Waals surface area contributed by atoms with Crippen molar-refractivity contribution in [2.75, 3.05) is 20.2 Å². The van der Waals surface area contributed by atoms with Gasteiger partial charge in [0.25, 0.3) is 0 Å². The lowest BCUT2D eigenvalue weighted by molar-refractivity contribution is -0.151. The normalized spacial score (nSPS) is 22.3. The number of carbonyl (C=O) groups excluding carboxylic acids is 3. The maximum atomic E-state index is 12.1. The van der Waals surface area contributed by atoms with E-state index >= 15 is 0 Å². The Morgan fingerprint density at radius 3 is 2.52 bits per heavy atom. The van der Waals surface area contributed by atoms with Crippen molar-refractivity contribution >= 4 is 17.8 Å². The lowest BCUT2D eigenvalue weighted by atomic mass is 10.1. The standard InChI is InChI=1S/C15H24N2O4/c1-21-15(20)12-7-4-10-17(12)13(18)8-9-16-14(19)11-5-2-3-6-11/h11-12H,2-10H2,1H3,(H,16,19). The molecule has 2 amide bonds. The average molecular weight is 296 g/mol. The van der Waals surface area contributed by atoms with Crippen LogP contribution in [0.15, 0.2) is 0 Å². The summed E-state index contributed by atoms with van der Waals surface area (Å²) >= 11 is 0. The second-order valence-corrected chi connectivity index (χ2v) is 5.79. The molecule has 0 spiro atoms. The van der Waals surface area contributed by atoms with Gasteiger partial charge in [0.2, 0.25) is 11.8 Å². The van der Waals surface area contributed by atoms with Crippen LogP contribution in [-0.2, 0) is 19.1 Å². The molecule has 6 heteroatoms. The first kappa shape index (κ1) is 15.8. The van der Waals surface area contributed by atoms with Crippen LogP contribution in [0.25, 0.3) is 0 Å². The molecule has 0 aromatic carbocycles. The van der Waals surface area contributed by atoms with Crippen LogP contribution in [0.3, 0.4) is 0 Å². The molecule has 1 saturated carbocycles. The molecule has 21 heavy (non-hydrogen) atoms. The molecule has 0 aromatic heterocycles. The molecule has 1 atom stereocenters. The summed E-state index contributed by atoms with van der Waals surface area (Å²) in [6, 6.07) is -0.451. The van der Waals surface area contributed by atoms with Crippen LogP contribution in [0.1, 0.15) is 44.9 Å². The van der Waals surface area contributed by atoms with Crippen LogP contribution < -0.4 is 5.32 Å². The molecule has 2 rings (SSSR count). The first-order chi connectivity index (χ1) is 10.1. The summed E-state index contributed by atoms with van der Waals surface area (Å²) in [6.45, 7) is 0.938. The molecule has 0 radical (unpaired) electrons. The van der Waals surface area contributed by atoms with Gasteiger partial charge in [-0.3, -0.25) is 9.59 Å². The minimum absolute atomic E-state index is 0.0613. The fourth-order valence-corrected chi connectivity index (χ4v) is 3.21. The number of amides is 2. The molecule has 2 fully saturated rings. The third-order valence-corrected chi connectivity index (χ3v) is 4.41. The monoisotopic (exact) mass is 296 g/mol. The number of likely N-dealkylation sites (tertiary alicyclic amines) is 1. The number of methoxy groups -OCH3 is 1. The summed E-state index contributed by atoms with van der Waals surface area (Å²) in [5, 5.41) is 2.83. The van der Waals surface area contributed by atoms with Gasteiger partial charge in [-0.15, -0.1) is 0 Å². The number of hydrogen-bond acceptors (Lipinski definition) is 4. The smallest absolute Gasteiger partial charge is 0.328 e. The van der Waals surface area contributed by atoms with Crippen molar-refractivity contribution in [1.82, 2.24) is 10.2 Å². The Hall–Kier alpha value is -1.59. The first-order valence-electron chi connectivity index (χ1n) is 7.78. The molecular formula is C15H24N2O4. The first-order valence-corrected chi connectivity index (χ1v) is 7.78. The topological polar surface area (TPSA) is 75.7 Å². The molecule has 6 nitrogen and oxygen atoms in total. The third-order valence-electron chi connectivity index (χ3n) is 4.41. The van der Waals surface area contributed by atoms with Gasteiger partial charge < -0.3 is 15.0 Å². The van der Waals surface area contributed by atoms with E-state index in [0.29, 0.717) is 19.5 Å². The number of ether oxygens (including phenoxy) is 1. The zero-order valence-electron chi connectivity index (χ0n) is 12.6. The van der Waals surface area contributed by atoms with Gasteiger partial charge in [-0.25, -0.2) is 4.79 Å². The predicted octanol–water partition coefficient (Wildman–Crippen LogP) is 0.847. The predicted molar refractivity (Wildman–Crippen MR) is 76.3 cm³/mol. The highest BCUT2D eigenvalue weighted by Crippen LogP contribution is 2.24. The van der Waals surface area contributed by atoms with Gasteiger partial charge in [0.05, 0.1) is 7.11 Å². The van der Waals surface area contributed by atoms with E-state index in [-0.39, 0.29) is 30.1 Å². The zero-order chi connectivity index (χ0) is 15.2. The van der Waals surface area contributed by atoms with Gasteiger partial charge in [0.1, 0.15) is 6.04 Å². The number of esters is 1. The average Bonchev–Trinajstić information content (AvgIpc) is 3.16. The Bertz CT molecular complexity index is 404. The summed E-state index contributed by atoms with van der Waals surface area (Å²) in [4.78, 5) is 37.2. The van der Waals surface area contributed by atoms with Crippen LogP contribution >= 0.6 is 0 Å². The Morgan fingerprint density at radius 1 is 1.14 bits per heavy atom. The van der Waals surface area contributed by atoms with Crippen LogP contribution in [0.4, 0.5) is 0 Å². The maximum Gasteiger partial charge on any atom is 0.328 e. The van der Waals surface area contributed by atoms with Crippen molar-refractivity contribution in [3.63, 3.8) is 0 Å². The number of nitrogens with zero attached hydrogens (tertiary/aromatic N) is 1. The molecule has 1 unspecified atom stereocenters. The van der Waals surface area contributed by atoms with Crippen LogP contribution in [0.2, 0.25) is 0 Å². The highest BCUT2D eigenvalue weighted by Gasteiger charge is 2.34. The quantitative estimate of drug-likeness (QED) is 0.763. The Morgan fingerprint density at radius 2 is 1.86 bits per heavy atom. The van der Waals surface area contributed by atoms with Gasteiger partial charge in [0, 0.05) is 25.4 Å². The van der Waals surface area contributed by atoms with E-state index in [9.17, 15) is 14.4 Å². The van der Waals surface area contributed by atoms with Crippen molar-refractivity contribution < 1.29 is 19.1 Å². The van der Waals surface area contributed by atoms with E-state index in [2.05, 4.69) is 5.32 Å². The lowest BCUT2D eigenvalue weighted by Gasteiger charge is -2.22. The SMILES string of the molecule is COC(=O)C1CCCN1C(=O)CCNC(=O)C1CCCC1.